The first kappa shape index (κ1) is 12.9. The van der Waals surface area contributed by atoms with Gasteiger partial charge in [-0.2, -0.15) is 0 Å². The third-order valence-electron chi connectivity index (χ3n) is 3.33. The van der Waals surface area contributed by atoms with Crippen molar-refractivity contribution >= 4 is 39.5 Å². The number of allylic oxidation sites excluding steroid dienone is 1. The van der Waals surface area contributed by atoms with Crippen molar-refractivity contribution in [1.82, 2.24) is 4.90 Å². The highest BCUT2D eigenvalue weighted by Gasteiger charge is 2.36. The van der Waals surface area contributed by atoms with Crippen molar-refractivity contribution in [3.05, 3.63) is 46.4 Å². The molecule has 0 fully saturated rings. The summed E-state index contributed by atoms with van der Waals surface area (Å²) >= 11 is 5.21. The van der Waals surface area contributed by atoms with Crippen LogP contribution in [-0.4, -0.2) is 34.3 Å². The van der Waals surface area contributed by atoms with E-state index in [2.05, 4.69) is 22.0 Å². The molecule has 2 amide bonds. The van der Waals surface area contributed by atoms with Crippen LogP contribution in [0.4, 0.5) is 0 Å². The average molecular weight is 338 g/mol. The van der Waals surface area contributed by atoms with E-state index >= 15 is 0 Å². The van der Waals surface area contributed by atoms with Gasteiger partial charge in [0.2, 0.25) is 0 Å². The molecule has 0 aromatic heterocycles. The SMILES string of the molecule is O=C1c2ccccc2C(=O)N1CC1C=C(CBr)SC1. The number of rotatable bonds is 3. The van der Waals surface area contributed by atoms with E-state index in [1.54, 1.807) is 36.0 Å². The second kappa shape index (κ2) is 5.13. The molecule has 1 atom stereocenters. The highest BCUT2D eigenvalue weighted by Crippen LogP contribution is 2.32. The highest BCUT2D eigenvalue weighted by molar-refractivity contribution is 9.09. The number of alkyl halides is 1. The van der Waals surface area contributed by atoms with Crippen molar-refractivity contribution in [2.24, 2.45) is 5.92 Å². The Kier molecular flexibility index (Phi) is 3.50. The van der Waals surface area contributed by atoms with Gasteiger partial charge in [-0.25, -0.2) is 0 Å². The summed E-state index contributed by atoms with van der Waals surface area (Å²) in [6.07, 6.45) is 2.16. The maximum atomic E-state index is 12.2. The summed E-state index contributed by atoms with van der Waals surface area (Å²) in [6.45, 7) is 0.482. The number of amides is 2. The van der Waals surface area contributed by atoms with Crippen molar-refractivity contribution < 1.29 is 9.59 Å². The van der Waals surface area contributed by atoms with Gasteiger partial charge in [-0.1, -0.05) is 34.1 Å². The molecule has 0 spiro atoms. The summed E-state index contributed by atoms with van der Waals surface area (Å²) in [5.41, 5.74) is 1.06. The van der Waals surface area contributed by atoms with Crippen LogP contribution in [0.5, 0.6) is 0 Å². The van der Waals surface area contributed by atoms with Crippen molar-refractivity contribution in [3.63, 3.8) is 0 Å². The number of hydrogen-bond acceptors (Lipinski definition) is 3. The Morgan fingerprint density at radius 2 is 1.84 bits per heavy atom. The maximum Gasteiger partial charge on any atom is 0.261 e. The summed E-state index contributed by atoms with van der Waals surface area (Å²) in [7, 11) is 0. The number of fused-ring (bicyclic) bond motifs is 1. The number of benzene rings is 1. The molecule has 3 rings (SSSR count). The molecular weight excluding hydrogens is 326 g/mol. The molecule has 19 heavy (non-hydrogen) atoms. The molecule has 2 aliphatic rings. The number of nitrogens with zero attached hydrogens (tertiary/aromatic N) is 1. The van der Waals surface area contributed by atoms with E-state index in [0.717, 1.165) is 11.1 Å². The number of hydrogen-bond donors (Lipinski definition) is 0. The minimum Gasteiger partial charge on any atom is -0.274 e. The van der Waals surface area contributed by atoms with E-state index < -0.39 is 0 Å². The van der Waals surface area contributed by atoms with E-state index in [-0.39, 0.29) is 17.7 Å². The molecule has 3 nitrogen and oxygen atoms in total. The van der Waals surface area contributed by atoms with Crippen molar-refractivity contribution in [2.75, 3.05) is 17.6 Å². The van der Waals surface area contributed by atoms with Crippen LogP contribution < -0.4 is 0 Å². The molecule has 0 saturated carbocycles. The number of thioether (sulfide) groups is 1. The summed E-state index contributed by atoms with van der Waals surface area (Å²) in [5, 5.41) is 0.844. The third kappa shape index (κ3) is 2.25. The number of carbonyl (C=O) groups excluding carboxylic acids is 2. The molecule has 98 valence electrons. The Labute approximate surface area is 124 Å². The van der Waals surface area contributed by atoms with E-state index in [4.69, 9.17) is 0 Å². The molecule has 0 N–H and O–H groups in total. The Bertz CT molecular complexity index is 550. The zero-order valence-corrected chi connectivity index (χ0v) is 12.5. The van der Waals surface area contributed by atoms with Gasteiger partial charge < -0.3 is 0 Å². The Morgan fingerprint density at radius 1 is 1.21 bits per heavy atom. The number of imide groups is 1. The maximum absolute atomic E-state index is 12.2. The highest BCUT2D eigenvalue weighted by atomic mass is 79.9. The number of carbonyl (C=O) groups is 2. The minimum absolute atomic E-state index is 0.161. The molecule has 1 unspecified atom stereocenters. The van der Waals surface area contributed by atoms with Crippen LogP contribution in [0.2, 0.25) is 0 Å². The Balaban J connectivity index is 1.80. The Morgan fingerprint density at radius 3 is 2.37 bits per heavy atom. The lowest BCUT2D eigenvalue weighted by Crippen LogP contribution is -2.34. The van der Waals surface area contributed by atoms with Crippen LogP contribution in [-0.2, 0) is 0 Å². The molecule has 2 heterocycles. The third-order valence-corrected chi connectivity index (χ3v) is 5.55. The van der Waals surface area contributed by atoms with Crippen LogP contribution in [0.25, 0.3) is 0 Å². The lowest BCUT2D eigenvalue weighted by molar-refractivity contribution is 0.0643. The smallest absolute Gasteiger partial charge is 0.261 e. The van der Waals surface area contributed by atoms with E-state index in [1.807, 2.05) is 0 Å². The van der Waals surface area contributed by atoms with Gasteiger partial charge >= 0.3 is 0 Å². The standard InChI is InChI=1S/C14H12BrNO2S/c15-6-10-5-9(8-19-10)7-16-13(17)11-3-1-2-4-12(11)14(16)18/h1-5,9H,6-8H2. The monoisotopic (exact) mass is 337 g/mol. The molecule has 5 heteroatoms. The normalized spacial score (nSPS) is 21.8. The van der Waals surface area contributed by atoms with Crippen LogP contribution in [0.1, 0.15) is 20.7 Å². The lowest BCUT2D eigenvalue weighted by atomic mass is 10.1. The predicted octanol–water partition coefficient (Wildman–Crippen LogP) is 2.92. The van der Waals surface area contributed by atoms with Crippen LogP contribution in [0.3, 0.4) is 0 Å². The van der Waals surface area contributed by atoms with Gasteiger partial charge in [0.1, 0.15) is 0 Å². The second-order valence-corrected chi connectivity index (χ2v) is 6.31. The van der Waals surface area contributed by atoms with Gasteiger partial charge in [0, 0.05) is 23.5 Å². The van der Waals surface area contributed by atoms with Gasteiger partial charge in [0.15, 0.2) is 0 Å². The Hall–Kier alpha value is -1.07. The van der Waals surface area contributed by atoms with Gasteiger partial charge in [-0.15, -0.1) is 11.8 Å². The first-order valence-electron chi connectivity index (χ1n) is 6.05. The van der Waals surface area contributed by atoms with Crippen LogP contribution in [0, 0.1) is 5.92 Å². The number of halogens is 1. The van der Waals surface area contributed by atoms with E-state index in [1.165, 1.54) is 9.81 Å². The van der Waals surface area contributed by atoms with Crippen LogP contribution in [0.15, 0.2) is 35.2 Å². The zero-order valence-electron chi connectivity index (χ0n) is 10.1. The van der Waals surface area contributed by atoms with Crippen molar-refractivity contribution in [3.8, 4) is 0 Å². The van der Waals surface area contributed by atoms with Gasteiger partial charge in [-0.3, -0.25) is 14.5 Å². The largest absolute Gasteiger partial charge is 0.274 e. The average Bonchev–Trinajstić information content (AvgIpc) is 2.99. The molecule has 0 radical (unpaired) electrons. The lowest BCUT2D eigenvalue weighted by Gasteiger charge is -2.16. The molecule has 2 aliphatic heterocycles. The summed E-state index contributed by atoms with van der Waals surface area (Å²) < 4.78 is 0. The minimum atomic E-state index is -0.161. The van der Waals surface area contributed by atoms with Gasteiger partial charge in [0.05, 0.1) is 11.1 Å². The van der Waals surface area contributed by atoms with Crippen LogP contribution >= 0.6 is 27.7 Å². The van der Waals surface area contributed by atoms with Crippen molar-refractivity contribution in [2.45, 2.75) is 0 Å². The molecular formula is C14H12BrNO2S. The molecule has 1 aromatic rings. The first-order valence-corrected chi connectivity index (χ1v) is 8.16. The summed E-state index contributed by atoms with van der Waals surface area (Å²) in [6, 6.07) is 7.03. The van der Waals surface area contributed by atoms with Gasteiger partial charge in [-0.05, 0) is 17.0 Å². The fourth-order valence-corrected chi connectivity index (χ4v) is 4.07. The topological polar surface area (TPSA) is 37.4 Å². The first-order chi connectivity index (χ1) is 9.20. The predicted molar refractivity (Wildman–Crippen MR) is 79.6 cm³/mol. The molecule has 1 aromatic carbocycles. The van der Waals surface area contributed by atoms with E-state index in [9.17, 15) is 9.59 Å². The fourth-order valence-electron chi connectivity index (χ4n) is 2.40. The molecule has 0 aliphatic carbocycles. The van der Waals surface area contributed by atoms with Crippen molar-refractivity contribution in [1.29, 1.82) is 0 Å². The molecule has 0 saturated heterocycles. The second-order valence-electron chi connectivity index (χ2n) is 4.60. The zero-order chi connectivity index (χ0) is 13.4. The van der Waals surface area contributed by atoms with Gasteiger partial charge in [0.25, 0.3) is 11.8 Å². The fraction of sp³-hybridized carbons (Fsp3) is 0.286. The quantitative estimate of drug-likeness (QED) is 0.628. The summed E-state index contributed by atoms with van der Waals surface area (Å²) in [4.78, 5) is 27.1. The van der Waals surface area contributed by atoms with E-state index in [0.29, 0.717) is 17.7 Å². The molecule has 0 bridgehead atoms. The summed E-state index contributed by atoms with van der Waals surface area (Å²) in [5.74, 6) is 0.881.